The van der Waals surface area contributed by atoms with Gasteiger partial charge in [-0.2, -0.15) is 0 Å². The molecular formula is C13H24O4. The summed E-state index contributed by atoms with van der Waals surface area (Å²) in [6.45, 7) is 11.4. The lowest BCUT2D eigenvalue weighted by molar-refractivity contribution is -0.173. The van der Waals surface area contributed by atoms with Gasteiger partial charge >= 0.3 is 11.9 Å². The number of carbonyl (C=O) groups is 2. The molecule has 17 heavy (non-hydrogen) atoms. The fourth-order valence-electron chi connectivity index (χ4n) is 1.19. The van der Waals surface area contributed by atoms with E-state index in [0.717, 1.165) is 0 Å². The van der Waals surface area contributed by atoms with Gasteiger partial charge in [-0.3, -0.25) is 4.79 Å². The van der Waals surface area contributed by atoms with Gasteiger partial charge in [0.25, 0.3) is 0 Å². The first-order valence-electron chi connectivity index (χ1n) is 6.18. The Labute approximate surface area is 104 Å². The van der Waals surface area contributed by atoms with Crippen LogP contribution in [-0.2, 0) is 19.1 Å². The van der Waals surface area contributed by atoms with Gasteiger partial charge in [-0.1, -0.05) is 34.6 Å². The molecule has 2 unspecified atom stereocenters. The van der Waals surface area contributed by atoms with Gasteiger partial charge in [0.05, 0.1) is 12.5 Å². The van der Waals surface area contributed by atoms with Crippen molar-refractivity contribution in [3.05, 3.63) is 0 Å². The predicted octanol–water partition coefficient (Wildman–Crippen LogP) is 2.41. The Morgan fingerprint density at radius 1 is 0.941 bits per heavy atom. The third-order valence-corrected chi connectivity index (χ3v) is 2.74. The van der Waals surface area contributed by atoms with Gasteiger partial charge in [0.1, 0.15) is 0 Å². The molecule has 0 heterocycles. The van der Waals surface area contributed by atoms with Crippen LogP contribution in [0.15, 0.2) is 0 Å². The average molecular weight is 244 g/mol. The third kappa shape index (κ3) is 5.20. The lowest BCUT2D eigenvalue weighted by Gasteiger charge is -2.22. The van der Waals surface area contributed by atoms with Gasteiger partial charge in [0.2, 0.25) is 6.10 Å². The summed E-state index contributed by atoms with van der Waals surface area (Å²) in [7, 11) is 0. The predicted molar refractivity (Wildman–Crippen MR) is 65.4 cm³/mol. The van der Waals surface area contributed by atoms with Crippen LogP contribution < -0.4 is 0 Å². The largest absolute Gasteiger partial charge is 0.463 e. The van der Waals surface area contributed by atoms with E-state index in [-0.39, 0.29) is 23.7 Å². The van der Waals surface area contributed by atoms with Crippen molar-refractivity contribution in [2.24, 2.45) is 17.8 Å². The summed E-state index contributed by atoms with van der Waals surface area (Å²) in [6.07, 6.45) is -0.802. The summed E-state index contributed by atoms with van der Waals surface area (Å²) in [5.74, 6) is -0.917. The Kier molecular flexibility index (Phi) is 6.85. The molecule has 0 rings (SSSR count). The maximum Gasteiger partial charge on any atom is 0.347 e. The first-order chi connectivity index (χ1) is 7.81. The van der Waals surface area contributed by atoms with Crippen LogP contribution in [0.2, 0.25) is 0 Å². The second kappa shape index (κ2) is 7.30. The SMILES string of the molecule is CCOC(=O)C(OC(=O)C(C)C(C)C)C(C)C. The van der Waals surface area contributed by atoms with E-state index in [9.17, 15) is 9.59 Å². The molecular weight excluding hydrogens is 220 g/mol. The molecule has 0 fully saturated rings. The smallest absolute Gasteiger partial charge is 0.347 e. The molecule has 0 aliphatic heterocycles. The molecule has 2 atom stereocenters. The van der Waals surface area contributed by atoms with Crippen LogP contribution in [0.3, 0.4) is 0 Å². The second-order valence-electron chi connectivity index (χ2n) is 4.89. The highest BCUT2D eigenvalue weighted by Gasteiger charge is 2.30. The first-order valence-corrected chi connectivity index (χ1v) is 6.18. The molecule has 4 nitrogen and oxygen atoms in total. The molecule has 0 N–H and O–H groups in total. The molecule has 0 aliphatic carbocycles. The van der Waals surface area contributed by atoms with Crippen molar-refractivity contribution < 1.29 is 19.1 Å². The van der Waals surface area contributed by atoms with Crippen molar-refractivity contribution in [1.29, 1.82) is 0 Å². The van der Waals surface area contributed by atoms with E-state index in [2.05, 4.69) is 0 Å². The van der Waals surface area contributed by atoms with E-state index in [1.807, 2.05) is 27.7 Å². The van der Waals surface area contributed by atoms with E-state index >= 15 is 0 Å². The van der Waals surface area contributed by atoms with Crippen molar-refractivity contribution in [2.45, 2.75) is 47.6 Å². The Morgan fingerprint density at radius 3 is 1.82 bits per heavy atom. The molecule has 0 aromatic heterocycles. The van der Waals surface area contributed by atoms with E-state index in [1.165, 1.54) is 0 Å². The van der Waals surface area contributed by atoms with Crippen molar-refractivity contribution in [2.75, 3.05) is 6.61 Å². The quantitative estimate of drug-likeness (QED) is 0.673. The lowest BCUT2D eigenvalue weighted by Crippen LogP contribution is -2.36. The van der Waals surface area contributed by atoms with Gasteiger partial charge in [-0.25, -0.2) is 4.79 Å². The number of ether oxygens (including phenoxy) is 2. The van der Waals surface area contributed by atoms with Crippen LogP contribution in [-0.4, -0.2) is 24.6 Å². The Balaban J connectivity index is 4.55. The molecule has 0 spiro atoms. The number of rotatable bonds is 6. The van der Waals surface area contributed by atoms with E-state index in [4.69, 9.17) is 9.47 Å². The standard InChI is InChI=1S/C13H24O4/c1-7-16-13(15)11(9(4)5)17-12(14)10(6)8(2)3/h8-11H,7H2,1-6H3. The molecule has 0 saturated carbocycles. The summed E-state index contributed by atoms with van der Waals surface area (Å²) in [6, 6.07) is 0. The third-order valence-electron chi connectivity index (χ3n) is 2.74. The van der Waals surface area contributed by atoms with E-state index in [0.29, 0.717) is 6.61 Å². The second-order valence-corrected chi connectivity index (χ2v) is 4.89. The van der Waals surface area contributed by atoms with Gasteiger partial charge in [-0.15, -0.1) is 0 Å². The normalized spacial score (nSPS) is 14.6. The molecule has 0 aromatic rings. The monoisotopic (exact) mass is 244 g/mol. The molecule has 0 radical (unpaired) electrons. The Morgan fingerprint density at radius 2 is 1.47 bits per heavy atom. The molecule has 0 amide bonds. The Hall–Kier alpha value is -1.06. The summed E-state index contributed by atoms with van der Waals surface area (Å²) in [5.41, 5.74) is 0. The molecule has 0 bridgehead atoms. The minimum absolute atomic E-state index is 0.0858. The first kappa shape index (κ1) is 15.9. The maximum absolute atomic E-state index is 11.8. The fourth-order valence-corrected chi connectivity index (χ4v) is 1.19. The van der Waals surface area contributed by atoms with Crippen LogP contribution in [0, 0.1) is 17.8 Å². The zero-order valence-corrected chi connectivity index (χ0v) is 11.6. The lowest BCUT2D eigenvalue weighted by atomic mass is 9.98. The molecule has 100 valence electrons. The zero-order valence-electron chi connectivity index (χ0n) is 11.6. The van der Waals surface area contributed by atoms with Crippen molar-refractivity contribution in [1.82, 2.24) is 0 Å². The van der Waals surface area contributed by atoms with E-state index in [1.54, 1.807) is 13.8 Å². The summed E-state index contributed by atoms with van der Waals surface area (Å²) in [4.78, 5) is 23.4. The molecule has 0 saturated heterocycles. The highest BCUT2D eigenvalue weighted by atomic mass is 16.6. The fraction of sp³-hybridized carbons (Fsp3) is 0.846. The van der Waals surface area contributed by atoms with Crippen molar-refractivity contribution in [3.8, 4) is 0 Å². The van der Waals surface area contributed by atoms with Crippen LogP contribution in [0.25, 0.3) is 0 Å². The van der Waals surface area contributed by atoms with Gasteiger partial charge in [0.15, 0.2) is 0 Å². The Bertz CT molecular complexity index is 258. The number of hydrogen-bond acceptors (Lipinski definition) is 4. The van der Waals surface area contributed by atoms with Crippen LogP contribution in [0.1, 0.15) is 41.5 Å². The topological polar surface area (TPSA) is 52.6 Å². The maximum atomic E-state index is 11.8. The summed E-state index contributed by atoms with van der Waals surface area (Å²) in [5, 5.41) is 0. The van der Waals surface area contributed by atoms with Gasteiger partial charge in [0, 0.05) is 5.92 Å². The number of esters is 2. The minimum Gasteiger partial charge on any atom is -0.463 e. The van der Waals surface area contributed by atoms with E-state index < -0.39 is 12.1 Å². The molecule has 0 aliphatic rings. The number of hydrogen-bond donors (Lipinski definition) is 0. The minimum atomic E-state index is -0.802. The van der Waals surface area contributed by atoms with Crippen LogP contribution in [0.4, 0.5) is 0 Å². The summed E-state index contributed by atoms with van der Waals surface area (Å²) >= 11 is 0. The highest BCUT2D eigenvalue weighted by Crippen LogP contribution is 2.16. The summed E-state index contributed by atoms with van der Waals surface area (Å²) < 4.78 is 10.1. The number of carbonyl (C=O) groups excluding carboxylic acids is 2. The average Bonchev–Trinajstić information content (AvgIpc) is 2.23. The molecule has 4 heteroatoms. The zero-order chi connectivity index (χ0) is 13.6. The van der Waals surface area contributed by atoms with Crippen molar-refractivity contribution in [3.63, 3.8) is 0 Å². The van der Waals surface area contributed by atoms with Crippen LogP contribution >= 0.6 is 0 Å². The van der Waals surface area contributed by atoms with Gasteiger partial charge in [-0.05, 0) is 12.8 Å². The van der Waals surface area contributed by atoms with Crippen molar-refractivity contribution >= 4 is 11.9 Å². The van der Waals surface area contributed by atoms with Gasteiger partial charge < -0.3 is 9.47 Å². The van der Waals surface area contributed by atoms with Crippen LogP contribution in [0.5, 0.6) is 0 Å². The molecule has 0 aromatic carbocycles. The highest BCUT2D eigenvalue weighted by molar-refractivity contribution is 5.80.